The highest BCUT2D eigenvalue weighted by Crippen LogP contribution is 2.21. The van der Waals surface area contributed by atoms with Crippen LogP contribution < -0.4 is 10.6 Å². The first-order valence-corrected chi connectivity index (χ1v) is 6.69. The Labute approximate surface area is 113 Å². The second-order valence-electron chi connectivity index (χ2n) is 4.67. The van der Waals surface area contributed by atoms with Crippen LogP contribution in [0.4, 0.5) is 5.69 Å². The molecule has 1 heterocycles. The van der Waals surface area contributed by atoms with E-state index in [4.69, 9.17) is 15.7 Å². The molecule has 0 aromatic heterocycles. The molecular formula is C14H21N3O2. The number of oxime groups is 1. The first-order valence-electron chi connectivity index (χ1n) is 6.69. The van der Waals surface area contributed by atoms with Crippen LogP contribution in [0.15, 0.2) is 29.4 Å². The fourth-order valence-electron chi connectivity index (χ4n) is 2.42. The van der Waals surface area contributed by atoms with Crippen molar-refractivity contribution in [3.63, 3.8) is 0 Å². The Morgan fingerprint density at radius 3 is 2.53 bits per heavy atom. The summed E-state index contributed by atoms with van der Waals surface area (Å²) in [5.41, 5.74) is 7.45. The largest absolute Gasteiger partial charge is 0.409 e. The Kier molecular flexibility index (Phi) is 4.63. The predicted molar refractivity (Wildman–Crippen MR) is 75.8 cm³/mol. The molecule has 1 aliphatic heterocycles. The van der Waals surface area contributed by atoms with Gasteiger partial charge in [0, 0.05) is 30.9 Å². The van der Waals surface area contributed by atoms with Gasteiger partial charge >= 0.3 is 0 Å². The lowest BCUT2D eigenvalue weighted by molar-refractivity contribution is 0.0459. The number of anilines is 1. The molecule has 0 atom stereocenters. The monoisotopic (exact) mass is 263 g/mol. The number of rotatable bonds is 4. The Hall–Kier alpha value is -1.75. The zero-order valence-corrected chi connectivity index (χ0v) is 11.2. The summed E-state index contributed by atoms with van der Waals surface area (Å²) in [6.07, 6.45) is 2.53. The maximum atomic E-state index is 8.62. The summed E-state index contributed by atoms with van der Waals surface area (Å²) in [5.74, 6) is 0.140. The van der Waals surface area contributed by atoms with Gasteiger partial charge in [-0.25, -0.2) is 0 Å². The van der Waals surface area contributed by atoms with Gasteiger partial charge in [0.25, 0.3) is 0 Å². The van der Waals surface area contributed by atoms with E-state index in [0.717, 1.165) is 38.1 Å². The topological polar surface area (TPSA) is 71.1 Å². The summed E-state index contributed by atoms with van der Waals surface area (Å²) in [4.78, 5) is 2.34. The van der Waals surface area contributed by atoms with Crippen LogP contribution in [-0.2, 0) is 4.74 Å². The van der Waals surface area contributed by atoms with E-state index in [2.05, 4.69) is 10.1 Å². The van der Waals surface area contributed by atoms with E-state index in [1.807, 2.05) is 31.2 Å². The van der Waals surface area contributed by atoms with Crippen molar-refractivity contribution in [1.29, 1.82) is 0 Å². The van der Waals surface area contributed by atoms with Gasteiger partial charge in [0.15, 0.2) is 5.84 Å². The number of amidine groups is 1. The van der Waals surface area contributed by atoms with Crippen molar-refractivity contribution in [2.75, 3.05) is 24.6 Å². The molecule has 0 saturated carbocycles. The fraction of sp³-hybridized carbons (Fsp3) is 0.500. The molecule has 0 bridgehead atoms. The number of benzene rings is 1. The van der Waals surface area contributed by atoms with Gasteiger partial charge in [-0.05, 0) is 44.0 Å². The van der Waals surface area contributed by atoms with Gasteiger partial charge in [-0.15, -0.1) is 0 Å². The SMILES string of the molecule is CCOC1CCN(c2ccc(C(N)=NO)cc2)CC1. The van der Waals surface area contributed by atoms with Crippen LogP contribution in [0.25, 0.3) is 0 Å². The van der Waals surface area contributed by atoms with E-state index in [9.17, 15) is 0 Å². The highest BCUT2D eigenvalue weighted by molar-refractivity contribution is 5.97. The van der Waals surface area contributed by atoms with E-state index in [0.29, 0.717) is 6.10 Å². The first kappa shape index (κ1) is 13.7. The Morgan fingerprint density at radius 2 is 2.00 bits per heavy atom. The number of nitrogens with zero attached hydrogens (tertiary/aromatic N) is 2. The summed E-state index contributed by atoms with van der Waals surface area (Å²) < 4.78 is 5.65. The highest BCUT2D eigenvalue weighted by Gasteiger charge is 2.19. The van der Waals surface area contributed by atoms with Gasteiger partial charge in [-0.1, -0.05) is 5.16 Å². The van der Waals surface area contributed by atoms with Crippen LogP contribution in [0.1, 0.15) is 25.3 Å². The molecular weight excluding hydrogens is 242 g/mol. The lowest BCUT2D eigenvalue weighted by Gasteiger charge is -2.33. The summed E-state index contributed by atoms with van der Waals surface area (Å²) in [6.45, 7) is 4.85. The lowest BCUT2D eigenvalue weighted by Crippen LogP contribution is -2.37. The van der Waals surface area contributed by atoms with Gasteiger partial charge in [0.05, 0.1) is 6.10 Å². The standard InChI is InChI=1S/C14H21N3O2/c1-2-19-13-7-9-17(10-8-13)12-5-3-11(4-6-12)14(15)16-18/h3-6,13,18H,2,7-10H2,1H3,(H2,15,16). The van der Waals surface area contributed by atoms with Crippen LogP contribution in [-0.4, -0.2) is 36.8 Å². The molecule has 0 amide bonds. The summed E-state index contributed by atoms with van der Waals surface area (Å²) in [6, 6.07) is 7.76. The third-order valence-corrected chi connectivity index (χ3v) is 3.48. The first-order chi connectivity index (χ1) is 9.24. The van der Waals surface area contributed by atoms with Crippen LogP contribution >= 0.6 is 0 Å². The zero-order valence-electron chi connectivity index (χ0n) is 11.2. The predicted octanol–water partition coefficient (Wildman–Crippen LogP) is 1.79. The minimum absolute atomic E-state index is 0.140. The molecule has 0 aliphatic carbocycles. The number of nitrogens with two attached hydrogens (primary N) is 1. The molecule has 1 aromatic rings. The van der Waals surface area contributed by atoms with Gasteiger partial charge in [0.1, 0.15) is 0 Å². The third kappa shape index (κ3) is 3.38. The van der Waals surface area contributed by atoms with Crippen molar-refractivity contribution in [2.45, 2.75) is 25.9 Å². The normalized spacial score (nSPS) is 17.7. The minimum atomic E-state index is 0.140. The summed E-state index contributed by atoms with van der Waals surface area (Å²) in [5, 5.41) is 11.6. The quantitative estimate of drug-likeness (QED) is 0.376. The Balaban J connectivity index is 1.96. The van der Waals surface area contributed by atoms with E-state index in [1.54, 1.807) is 0 Å². The van der Waals surface area contributed by atoms with Crippen molar-refractivity contribution >= 4 is 11.5 Å². The second kappa shape index (κ2) is 6.43. The fourth-order valence-corrected chi connectivity index (χ4v) is 2.42. The molecule has 3 N–H and O–H groups in total. The van der Waals surface area contributed by atoms with E-state index in [1.165, 1.54) is 5.69 Å². The molecule has 0 unspecified atom stereocenters. The van der Waals surface area contributed by atoms with Crippen molar-refractivity contribution in [2.24, 2.45) is 10.9 Å². The molecule has 19 heavy (non-hydrogen) atoms. The third-order valence-electron chi connectivity index (χ3n) is 3.48. The molecule has 5 nitrogen and oxygen atoms in total. The van der Waals surface area contributed by atoms with Gasteiger partial charge in [0.2, 0.25) is 0 Å². The lowest BCUT2D eigenvalue weighted by atomic mass is 10.1. The van der Waals surface area contributed by atoms with E-state index < -0.39 is 0 Å². The zero-order chi connectivity index (χ0) is 13.7. The van der Waals surface area contributed by atoms with Crippen molar-refractivity contribution in [1.82, 2.24) is 0 Å². The summed E-state index contributed by atoms with van der Waals surface area (Å²) >= 11 is 0. The van der Waals surface area contributed by atoms with E-state index >= 15 is 0 Å². The molecule has 5 heteroatoms. The van der Waals surface area contributed by atoms with Crippen LogP contribution in [0.2, 0.25) is 0 Å². The van der Waals surface area contributed by atoms with Crippen molar-refractivity contribution in [3.8, 4) is 0 Å². The second-order valence-corrected chi connectivity index (χ2v) is 4.67. The number of hydrogen-bond acceptors (Lipinski definition) is 4. The highest BCUT2D eigenvalue weighted by atomic mass is 16.5. The van der Waals surface area contributed by atoms with Crippen LogP contribution in [0.5, 0.6) is 0 Å². The Bertz CT molecular complexity index is 423. The maximum Gasteiger partial charge on any atom is 0.170 e. The molecule has 1 saturated heterocycles. The molecule has 0 radical (unpaired) electrons. The van der Waals surface area contributed by atoms with Gasteiger partial charge in [-0.2, -0.15) is 0 Å². The van der Waals surface area contributed by atoms with Gasteiger partial charge in [-0.3, -0.25) is 0 Å². The maximum absolute atomic E-state index is 8.62. The van der Waals surface area contributed by atoms with Crippen molar-refractivity contribution < 1.29 is 9.94 Å². The number of piperidine rings is 1. The van der Waals surface area contributed by atoms with E-state index in [-0.39, 0.29) is 5.84 Å². The van der Waals surface area contributed by atoms with Gasteiger partial charge < -0.3 is 20.6 Å². The smallest absolute Gasteiger partial charge is 0.170 e. The van der Waals surface area contributed by atoms with Crippen LogP contribution in [0, 0.1) is 0 Å². The van der Waals surface area contributed by atoms with Crippen LogP contribution in [0.3, 0.4) is 0 Å². The molecule has 2 rings (SSSR count). The Morgan fingerprint density at radius 1 is 1.37 bits per heavy atom. The molecule has 1 fully saturated rings. The minimum Gasteiger partial charge on any atom is -0.409 e. The molecule has 0 spiro atoms. The average Bonchev–Trinajstić information content (AvgIpc) is 2.48. The summed E-state index contributed by atoms with van der Waals surface area (Å²) in [7, 11) is 0. The molecule has 104 valence electrons. The molecule has 1 aromatic carbocycles. The molecule has 1 aliphatic rings. The average molecular weight is 263 g/mol. The number of hydrogen-bond donors (Lipinski definition) is 2. The van der Waals surface area contributed by atoms with Crippen molar-refractivity contribution in [3.05, 3.63) is 29.8 Å². The number of ether oxygens (including phenoxy) is 1.